The summed E-state index contributed by atoms with van der Waals surface area (Å²) < 4.78 is 5.55. The fourth-order valence-corrected chi connectivity index (χ4v) is 6.59. The third-order valence-electron chi connectivity index (χ3n) is 9.40. The topological polar surface area (TPSA) is 166 Å². The molecule has 13 heteroatoms. The minimum absolute atomic E-state index is 0.00493. The normalized spacial score (nSPS) is 16.8. The molecule has 0 spiro atoms. The molecule has 1 fully saturated rings. The van der Waals surface area contributed by atoms with Crippen LogP contribution in [0.25, 0.3) is 0 Å². The number of carbonyl (C=O) groups excluding carboxylic acids is 5. The maximum atomic E-state index is 14.1. The first-order chi connectivity index (χ1) is 25.7. The maximum Gasteiger partial charge on any atom is 0.243 e. The number of morpholine rings is 1. The predicted molar refractivity (Wildman–Crippen MR) is 218 cm³/mol. The summed E-state index contributed by atoms with van der Waals surface area (Å²) in [6.45, 7) is 11.8. The van der Waals surface area contributed by atoms with Crippen molar-refractivity contribution in [1.29, 1.82) is 0 Å². The number of hydrogen-bond donors (Lipinski definition) is 5. The minimum atomic E-state index is -1.64. The zero-order chi connectivity index (χ0) is 39.7. The number of benzene rings is 2. The highest BCUT2D eigenvalue weighted by Gasteiger charge is 2.37. The molecule has 0 radical (unpaired) electrons. The van der Waals surface area contributed by atoms with Gasteiger partial charge in [0, 0.05) is 23.9 Å². The van der Waals surface area contributed by atoms with Crippen LogP contribution in [0.5, 0.6) is 0 Å². The van der Waals surface area contributed by atoms with Crippen molar-refractivity contribution >= 4 is 52.0 Å². The molecule has 0 aliphatic carbocycles. The first kappa shape index (κ1) is 45.0. The quantitative estimate of drug-likeness (QED) is 0.0889. The van der Waals surface area contributed by atoms with Gasteiger partial charge in [0.15, 0.2) is 5.78 Å². The SMILES string of the molecule is CC(C)CC[C@H](NC(=O)[C@H](Cc1ccccc1)NC(=O)[C@H](CC(C)C)NC(=O)[C@H](CCc1ccccc1)NC(=O)CN1CCOCC1)C(=O)C(C)(O)CI. The van der Waals surface area contributed by atoms with Gasteiger partial charge in [0.05, 0.1) is 25.8 Å². The molecule has 2 aromatic rings. The van der Waals surface area contributed by atoms with Crippen LogP contribution in [0.3, 0.4) is 0 Å². The number of aryl methyl sites for hydroxylation is 1. The van der Waals surface area contributed by atoms with Gasteiger partial charge in [-0.25, -0.2) is 0 Å². The van der Waals surface area contributed by atoms with Gasteiger partial charge in [-0.15, -0.1) is 0 Å². The number of amides is 4. The Morgan fingerprint density at radius 1 is 0.722 bits per heavy atom. The van der Waals surface area contributed by atoms with Crippen molar-refractivity contribution in [1.82, 2.24) is 26.2 Å². The number of aliphatic hydroxyl groups is 1. The highest BCUT2D eigenvalue weighted by Crippen LogP contribution is 2.18. The third kappa shape index (κ3) is 15.8. The molecule has 1 heterocycles. The third-order valence-corrected chi connectivity index (χ3v) is 10.9. The number of nitrogens with one attached hydrogen (secondary N) is 4. The van der Waals surface area contributed by atoms with E-state index in [-0.39, 0.29) is 41.6 Å². The average Bonchev–Trinajstić information content (AvgIpc) is 3.14. The molecule has 1 unspecified atom stereocenters. The number of carbonyl (C=O) groups is 5. The van der Waals surface area contributed by atoms with E-state index in [2.05, 4.69) is 21.3 Å². The first-order valence-electron chi connectivity index (χ1n) is 19.1. The van der Waals surface area contributed by atoms with Crippen molar-refractivity contribution in [2.45, 2.75) is 103 Å². The molecule has 1 saturated heterocycles. The number of hydrogen-bond acceptors (Lipinski definition) is 8. The molecule has 1 aliphatic rings. The van der Waals surface area contributed by atoms with Gasteiger partial charge in [0.25, 0.3) is 0 Å². The number of nitrogens with zero attached hydrogens (tertiary/aromatic N) is 1. The van der Waals surface area contributed by atoms with Gasteiger partial charge in [-0.1, -0.05) is 111 Å². The van der Waals surface area contributed by atoms with Crippen LogP contribution in [0.2, 0.25) is 0 Å². The van der Waals surface area contributed by atoms with Crippen molar-refractivity contribution in [3.63, 3.8) is 0 Å². The van der Waals surface area contributed by atoms with Crippen molar-refractivity contribution < 1.29 is 33.8 Å². The van der Waals surface area contributed by atoms with Gasteiger partial charge in [0.2, 0.25) is 23.6 Å². The van der Waals surface area contributed by atoms with Crippen LogP contribution < -0.4 is 21.3 Å². The van der Waals surface area contributed by atoms with E-state index >= 15 is 0 Å². The summed E-state index contributed by atoms with van der Waals surface area (Å²) in [5, 5.41) is 22.4. The lowest BCUT2D eigenvalue weighted by molar-refractivity contribution is -0.139. The summed E-state index contributed by atoms with van der Waals surface area (Å²) >= 11 is 1.95. The van der Waals surface area contributed by atoms with Crippen LogP contribution in [0.4, 0.5) is 0 Å². The Morgan fingerprint density at radius 2 is 1.26 bits per heavy atom. The summed E-state index contributed by atoms with van der Waals surface area (Å²) in [6, 6.07) is 14.9. The average molecular weight is 862 g/mol. The Kier molecular flexibility index (Phi) is 19.0. The van der Waals surface area contributed by atoms with E-state index in [0.29, 0.717) is 52.0 Å². The van der Waals surface area contributed by atoms with E-state index in [4.69, 9.17) is 4.74 Å². The molecule has 0 aromatic heterocycles. The minimum Gasteiger partial charge on any atom is -0.381 e. The van der Waals surface area contributed by atoms with Crippen LogP contribution in [0, 0.1) is 11.8 Å². The second-order valence-corrected chi connectivity index (χ2v) is 16.0. The van der Waals surface area contributed by atoms with E-state index in [9.17, 15) is 29.1 Å². The van der Waals surface area contributed by atoms with Crippen molar-refractivity contribution in [3.05, 3.63) is 71.8 Å². The van der Waals surface area contributed by atoms with Crippen molar-refractivity contribution in [2.75, 3.05) is 37.3 Å². The number of Topliss-reactive ketones (excluding diaryl/α,β-unsaturated/α-hetero) is 1. The summed E-state index contributed by atoms with van der Waals surface area (Å²) in [4.78, 5) is 70.8. The zero-order valence-corrected chi connectivity index (χ0v) is 34.6. The van der Waals surface area contributed by atoms with Gasteiger partial charge < -0.3 is 31.1 Å². The van der Waals surface area contributed by atoms with E-state index < -0.39 is 53.3 Å². The van der Waals surface area contributed by atoms with Crippen LogP contribution in [0.1, 0.15) is 71.4 Å². The molecule has 54 heavy (non-hydrogen) atoms. The lowest BCUT2D eigenvalue weighted by atomic mass is 9.91. The predicted octanol–water partition coefficient (Wildman–Crippen LogP) is 3.37. The van der Waals surface area contributed by atoms with E-state index in [0.717, 1.165) is 11.1 Å². The van der Waals surface area contributed by atoms with Gasteiger partial charge >= 0.3 is 0 Å². The fraction of sp³-hybridized carbons (Fsp3) is 0.585. The van der Waals surface area contributed by atoms with Crippen LogP contribution in [0.15, 0.2) is 60.7 Å². The standard InChI is InChI=1S/C41H60IN5O7/c1-28(2)16-18-32(37(49)41(5,53)27-42)44-40(52)35(25-31-14-10-7-11-15-31)46-39(51)34(24-29(3)4)45-38(50)33(19-17-30-12-8-6-9-13-30)43-36(48)26-47-20-22-54-23-21-47/h6-15,28-29,32-35,53H,16-27H2,1-5H3,(H,43,48)(H,44,52)(H,45,50)(H,46,51)/t32-,33-,34-,35-,41?/m0/s1. The summed E-state index contributed by atoms with van der Waals surface area (Å²) in [6.07, 6.45) is 2.21. The maximum absolute atomic E-state index is 14.1. The second kappa shape index (κ2) is 22.9. The fourth-order valence-electron chi connectivity index (χ4n) is 6.22. The summed E-state index contributed by atoms with van der Waals surface area (Å²) in [7, 11) is 0. The van der Waals surface area contributed by atoms with Crippen molar-refractivity contribution in [2.24, 2.45) is 11.8 Å². The molecule has 0 saturated carbocycles. The lowest BCUT2D eigenvalue weighted by Crippen LogP contribution is -2.59. The lowest BCUT2D eigenvalue weighted by Gasteiger charge is -2.30. The monoisotopic (exact) mass is 861 g/mol. The van der Waals surface area contributed by atoms with Crippen molar-refractivity contribution in [3.8, 4) is 0 Å². The molecule has 5 N–H and O–H groups in total. The highest BCUT2D eigenvalue weighted by atomic mass is 127. The van der Waals surface area contributed by atoms with E-state index in [1.54, 1.807) is 0 Å². The Balaban J connectivity index is 1.84. The molecule has 2 aromatic carbocycles. The number of ether oxygens (including phenoxy) is 1. The molecule has 4 amide bonds. The summed E-state index contributed by atoms with van der Waals surface area (Å²) in [5.41, 5.74) is 0.152. The van der Waals surface area contributed by atoms with Crippen LogP contribution in [-0.4, -0.2) is 106 Å². The van der Waals surface area contributed by atoms with Gasteiger partial charge in [0.1, 0.15) is 23.7 Å². The first-order valence-corrected chi connectivity index (χ1v) is 20.6. The van der Waals surface area contributed by atoms with E-state index in [1.165, 1.54) is 6.92 Å². The Hall–Kier alpha value is -3.40. The number of alkyl halides is 1. The van der Waals surface area contributed by atoms with Crippen LogP contribution in [-0.2, 0) is 41.6 Å². The Morgan fingerprint density at radius 3 is 1.83 bits per heavy atom. The Bertz CT molecular complexity index is 1490. The smallest absolute Gasteiger partial charge is 0.243 e. The largest absolute Gasteiger partial charge is 0.381 e. The molecule has 1 aliphatic heterocycles. The Labute approximate surface area is 334 Å². The highest BCUT2D eigenvalue weighted by molar-refractivity contribution is 14.1. The second-order valence-electron chi connectivity index (χ2n) is 15.3. The van der Waals surface area contributed by atoms with Gasteiger partial charge in [-0.05, 0) is 62.0 Å². The number of rotatable bonds is 22. The number of halogens is 1. The molecular formula is C41H60IN5O7. The molecule has 0 bridgehead atoms. The van der Waals surface area contributed by atoms with Gasteiger partial charge in [-0.3, -0.25) is 28.9 Å². The molecular weight excluding hydrogens is 801 g/mol. The van der Waals surface area contributed by atoms with Crippen LogP contribution >= 0.6 is 22.6 Å². The molecule has 12 nitrogen and oxygen atoms in total. The summed E-state index contributed by atoms with van der Waals surface area (Å²) in [5.74, 6) is -2.15. The molecule has 298 valence electrons. The van der Waals surface area contributed by atoms with E-state index in [1.807, 2.05) is 116 Å². The molecule has 3 rings (SSSR count). The number of ketones is 1. The zero-order valence-electron chi connectivity index (χ0n) is 32.4. The molecule has 5 atom stereocenters. The van der Waals surface area contributed by atoms with Gasteiger partial charge in [-0.2, -0.15) is 0 Å².